The first-order chi connectivity index (χ1) is 13.7. The van der Waals surface area contributed by atoms with Crippen LogP contribution in [0.3, 0.4) is 0 Å². The molecule has 0 bridgehead atoms. The number of piperazine rings is 1. The summed E-state index contributed by atoms with van der Waals surface area (Å²) in [5.74, 6) is -0.420. The molecule has 0 aliphatic carbocycles. The molecule has 1 aliphatic rings. The van der Waals surface area contributed by atoms with E-state index in [1.807, 2.05) is 30.3 Å². The van der Waals surface area contributed by atoms with Crippen molar-refractivity contribution in [3.05, 3.63) is 60.2 Å². The van der Waals surface area contributed by atoms with Gasteiger partial charge in [0, 0.05) is 26.2 Å². The molecule has 140 valence electrons. The van der Waals surface area contributed by atoms with Crippen LogP contribution < -0.4 is 4.90 Å². The number of rotatable bonds is 2. The van der Waals surface area contributed by atoms with Gasteiger partial charge in [0.25, 0.3) is 5.91 Å². The molecule has 0 N–H and O–H groups in total. The number of carbonyl (C=O) groups is 1. The molecular weight excluding hydrogens is 377 g/mol. The molecule has 1 fully saturated rings. The van der Waals surface area contributed by atoms with Crippen LogP contribution in [-0.4, -0.2) is 51.9 Å². The predicted octanol–water partition coefficient (Wildman–Crippen LogP) is 3.34. The maximum absolute atomic E-state index is 13.9. The number of fused-ring (bicyclic) bond motifs is 2. The largest absolute Gasteiger partial charge is 0.345 e. The first-order valence-corrected chi connectivity index (χ1v) is 9.82. The summed E-state index contributed by atoms with van der Waals surface area (Å²) in [5, 5.41) is 0.790. The van der Waals surface area contributed by atoms with Crippen LogP contribution in [0.15, 0.2) is 48.7 Å². The fourth-order valence-electron chi connectivity index (χ4n) is 3.36. The van der Waals surface area contributed by atoms with Gasteiger partial charge in [-0.1, -0.05) is 29.5 Å². The maximum Gasteiger partial charge on any atom is 0.274 e. The second-order valence-corrected chi connectivity index (χ2v) is 7.62. The fourth-order valence-corrected chi connectivity index (χ4v) is 4.39. The number of para-hydroxylation sites is 3. The zero-order valence-electron chi connectivity index (χ0n) is 14.9. The molecule has 0 unspecified atom stereocenters. The number of benzene rings is 2. The van der Waals surface area contributed by atoms with Crippen LogP contribution in [0.1, 0.15) is 10.5 Å². The summed E-state index contributed by atoms with van der Waals surface area (Å²) in [6.45, 7) is 2.42. The van der Waals surface area contributed by atoms with E-state index in [0.717, 1.165) is 15.3 Å². The van der Waals surface area contributed by atoms with Crippen molar-refractivity contribution in [2.45, 2.75) is 0 Å². The lowest BCUT2D eigenvalue weighted by Gasteiger charge is -2.34. The summed E-state index contributed by atoms with van der Waals surface area (Å²) in [6.07, 6.45) is 1.54. The summed E-state index contributed by atoms with van der Waals surface area (Å²) in [6, 6.07) is 12.5. The number of carbonyl (C=O) groups excluding carboxylic acids is 1. The van der Waals surface area contributed by atoms with E-state index < -0.39 is 0 Å². The van der Waals surface area contributed by atoms with Crippen molar-refractivity contribution in [3.63, 3.8) is 0 Å². The third-order valence-corrected chi connectivity index (χ3v) is 5.94. The van der Waals surface area contributed by atoms with Crippen molar-refractivity contribution in [2.75, 3.05) is 31.1 Å². The van der Waals surface area contributed by atoms with E-state index in [0.29, 0.717) is 42.9 Å². The van der Waals surface area contributed by atoms with E-state index in [1.54, 1.807) is 11.0 Å². The highest BCUT2D eigenvalue weighted by Crippen LogP contribution is 2.30. The molecule has 2 aromatic carbocycles. The number of hydrogen-bond donors (Lipinski definition) is 0. The molecule has 5 rings (SSSR count). The van der Waals surface area contributed by atoms with Crippen LogP contribution in [0.4, 0.5) is 9.52 Å². The van der Waals surface area contributed by atoms with E-state index in [9.17, 15) is 9.18 Å². The lowest BCUT2D eigenvalue weighted by atomic mass is 10.2. The molecule has 1 saturated heterocycles. The van der Waals surface area contributed by atoms with Gasteiger partial charge >= 0.3 is 0 Å². The molecule has 1 aliphatic heterocycles. The molecule has 1 amide bonds. The van der Waals surface area contributed by atoms with Gasteiger partial charge in [0.15, 0.2) is 5.13 Å². The standard InChI is InChI=1S/C20H16FN5OS/c21-13-4-3-7-17-18(13)24-20(28-17)26-10-8-25(9-11-26)19(27)16-12-22-14-5-1-2-6-15(14)23-16/h1-7,12H,8-11H2. The van der Waals surface area contributed by atoms with Crippen LogP contribution >= 0.6 is 11.3 Å². The van der Waals surface area contributed by atoms with E-state index in [4.69, 9.17) is 0 Å². The van der Waals surface area contributed by atoms with Crippen LogP contribution in [0.2, 0.25) is 0 Å². The van der Waals surface area contributed by atoms with Crippen molar-refractivity contribution < 1.29 is 9.18 Å². The third kappa shape index (κ3) is 2.95. The highest BCUT2D eigenvalue weighted by molar-refractivity contribution is 7.22. The first kappa shape index (κ1) is 17.0. The number of nitrogens with zero attached hydrogens (tertiary/aromatic N) is 5. The minimum atomic E-state index is -0.302. The number of anilines is 1. The molecular formula is C20H16FN5OS. The van der Waals surface area contributed by atoms with E-state index in [-0.39, 0.29) is 11.7 Å². The second kappa shape index (κ2) is 6.79. The lowest BCUT2D eigenvalue weighted by molar-refractivity contribution is 0.0741. The number of amides is 1. The third-order valence-electron chi connectivity index (χ3n) is 4.86. The Bertz CT molecular complexity index is 1190. The van der Waals surface area contributed by atoms with Crippen LogP contribution in [0.5, 0.6) is 0 Å². The van der Waals surface area contributed by atoms with E-state index in [1.165, 1.54) is 23.6 Å². The van der Waals surface area contributed by atoms with Gasteiger partial charge in [-0.15, -0.1) is 0 Å². The topological polar surface area (TPSA) is 62.2 Å². The first-order valence-electron chi connectivity index (χ1n) is 9.00. The highest BCUT2D eigenvalue weighted by atomic mass is 32.1. The van der Waals surface area contributed by atoms with Crippen molar-refractivity contribution in [3.8, 4) is 0 Å². The van der Waals surface area contributed by atoms with Gasteiger partial charge in [0.2, 0.25) is 0 Å². The van der Waals surface area contributed by atoms with Gasteiger partial charge in [-0.05, 0) is 24.3 Å². The molecule has 2 aromatic heterocycles. The fraction of sp³-hybridized carbons (Fsp3) is 0.200. The van der Waals surface area contributed by atoms with Gasteiger partial charge in [0.05, 0.1) is 21.9 Å². The predicted molar refractivity (Wildman–Crippen MR) is 107 cm³/mol. The molecule has 6 nitrogen and oxygen atoms in total. The Morgan fingerprint density at radius 3 is 2.54 bits per heavy atom. The lowest BCUT2D eigenvalue weighted by Crippen LogP contribution is -2.49. The summed E-state index contributed by atoms with van der Waals surface area (Å²) < 4.78 is 14.7. The maximum atomic E-state index is 13.9. The van der Waals surface area contributed by atoms with Crippen LogP contribution in [0.25, 0.3) is 21.3 Å². The van der Waals surface area contributed by atoms with Gasteiger partial charge in [0.1, 0.15) is 17.0 Å². The summed E-state index contributed by atoms with van der Waals surface area (Å²) in [7, 11) is 0. The van der Waals surface area contributed by atoms with Gasteiger partial charge in [-0.3, -0.25) is 9.78 Å². The van der Waals surface area contributed by atoms with Crippen molar-refractivity contribution in [1.29, 1.82) is 0 Å². The smallest absolute Gasteiger partial charge is 0.274 e. The minimum absolute atomic E-state index is 0.117. The highest BCUT2D eigenvalue weighted by Gasteiger charge is 2.25. The average Bonchev–Trinajstić information content (AvgIpc) is 3.19. The van der Waals surface area contributed by atoms with Crippen LogP contribution in [0, 0.1) is 5.82 Å². The molecule has 3 heterocycles. The molecule has 0 saturated carbocycles. The Hall–Kier alpha value is -3.13. The average molecular weight is 393 g/mol. The number of hydrogen-bond acceptors (Lipinski definition) is 6. The van der Waals surface area contributed by atoms with Gasteiger partial charge < -0.3 is 9.80 Å². The zero-order chi connectivity index (χ0) is 19.1. The minimum Gasteiger partial charge on any atom is -0.345 e. The Labute approximate surface area is 164 Å². The van der Waals surface area contributed by atoms with Gasteiger partial charge in [-0.25, -0.2) is 14.4 Å². The quantitative estimate of drug-likeness (QED) is 0.523. The SMILES string of the molecule is O=C(c1cnc2ccccc2n1)N1CCN(c2nc3c(F)cccc3s2)CC1. The number of halogens is 1. The van der Waals surface area contributed by atoms with Crippen molar-refractivity contribution in [2.24, 2.45) is 0 Å². The van der Waals surface area contributed by atoms with Gasteiger partial charge in [-0.2, -0.15) is 0 Å². The molecule has 0 spiro atoms. The van der Waals surface area contributed by atoms with E-state index >= 15 is 0 Å². The van der Waals surface area contributed by atoms with E-state index in [2.05, 4.69) is 19.9 Å². The molecule has 8 heteroatoms. The summed E-state index contributed by atoms with van der Waals surface area (Å²) >= 11 is 1.47. The van der Waals surface area contributed by atoms with Crippen molar-refractivity contribution in [1.82, 2.24) is 19.9 Å². The monoisotopic (exact) mass is 393 g/mol. The number of thiazole rings is 1. The summed E-state index contributed by atoms with van der Waals surface area (Å²) in [5.41, 5.74) is 2.25. The molecule has 28 heavy (non-hydrogen) atoms. The molecule has 0 radical (unpaired) electrons. The van der Waals surface area contributed by atoms with Crippen LogP contribution in [-0.2, 0) is 0 Å². The zero-order valence-corrected chi connectivity index (χ0v) is 15.7. The second-order valence-electron chi connectivity index (χ2n) is 6.61. The molecule has 4 aromatic rings. The number of aromatic nitrogens is 3. The molecule has 0 atom stereocenters. The van der Waals surface area contributed by atoms with Crippen molar-refractivity contribution >= 4 is 43.6 Å². The summed E-state index contributed by atoms with van der Waals surface area (Å²) in [4.78, 5) is 29.9. The Morgan fingerprint density at radius 2 is 1.75 bits per heavy atom. The Kier molecular flexibility index (Phi) is 4.12. The normalized spacial score (nSPS) is 14.8. The Morgan fingerprint density at radius 1 is 0.964 bits per heavy atom. The Balaban J connectivity index is 1.31.